The van der Waals surface area contributed by atoms with Gasteiger partial charge in [0, 0.05) is 20.9 Å². The first kappa shape index (κ1) is 20.4. The molecule has 0 spiro atoms. The van der Waals surface area contributed by atoms with Gasteiger partial charge in [-0.05, 0) is 34.3 Å². The molecule has 0 aliphatic heterocycles. The van der Waals surface area contributed by atoms with Gasteiger partial charge in [0.2, 0.25) is 0 Å². The third-order valence-electron chi connectivity index (χ3n) is 3.85. The molecule has 28 heavy (non-hydrogen) atoms. The van der Waals surface area contributed by atoms with Crippen molar-refractivity contribution in [3.8, 4) is 30.6 Å². The Balaban J connectivity index is 2.13. The Morgan fingerprint density at radius 2 is 1.29 bits per heavy atom. The van der Waals surface area contributed by atoms with E-state index in [0.717, 1.165) is 27.6 Å². The van der Waals surface area contributed by atoms with Crippen LogP contribution >= 0.6 is 60.5 Å². The Morgan fingerprint density at radius 1 is 0.679 bits per heavy atom. The van der Waals surface area contributed by atoms with E-state index >= 15 is 0 Å². The Hall–Kier alpha value is -0.900. The Morgan fingerprint density at radius 3 is 1.79 bits per heavy atom. The standard InChI is InChI=1S/C16H12O6P2S4/c17-23(18,19)9-5-8-27-14(9)15-12(10-3-1-6-25-10)13(11-4-2-7-26-11)16(28-15)24(20,21)22/h1-8H,(H2,17,18,19)(H2,20,21,22). The molecule has 0 aliphatic rings. The molecule has 4 aromatic rings. The molecule has 4 N–H and O–H groups in total. The average Bonchev–Trinajstić information content (AvgIpc) is 3.37. The monoisotopic (exact) mass is 490 g/mol. The molecule has 6 nitrogen and oxygen atoms in total. The molecule has 0 atom stereocenters. The average molecular weight is 490 g/mol. The lowest BCUT2D eigenvalue weighted by Crippen LogP contribution is -2.02. The molecule has 12 heteroatoms. The zero-order valence-corrected chi connectivity index (χ0v) is 18.8. The van der Waals surface area contributed by atoms with E-state index in [9.17, 15) is 28.7 Å². The fourth-order valence-corrected chi connectivity index (χ4v) is 9.20. The van der Waals surface area contributed by atoms with Crippen LogP contribution in [0.5, 0.6) is 0 Å². The molecule has 0 radical (unpaired) electrons. The van der Waals surface area contributed by atoms with E-state index in [1.54, 1.807) is 17.5 Å². The van der Waals surface area contributed by atoms with Crippen LogP contribution in [0.15, 0.2) is 46.5 Å². The molecule has 4 aromatic heterocycles. The summed E-state index contributed by atoms with van der Waals surface area (Å²) in [6.07, 6.45) is 0. The minimum absolute atomic E-state index is 0.0987. The summed E-state index contributed by atoms with van der Waals surface area (Å²) in [6, 6.07) is 8.60. The van der Waals surface area contributed by atoms with E-state index in [4.69, 9.17) is 0 Å². The molecule has 0 aliphatic carbocycles. The van der Waals surface area contributed by atoms with E-state index < -0.39 is 15.2 Å². The van der Waals surface area contributed by atoms with E-state index in [0.29, 0.717) is 25.8 Å². The van der Waals surface area contributed by atoms with Gasteiger partial charge in [-0.15, -0.1) is 45.3 Å². The second kappa shape index (κ2) is 7.41. The van der Waals surface area contributed by atoms with Crippen LogP contribution in [0.4, 0.5) is 0 Å². The Labute approximate surface area is 175 Å². The van der Waals surface area contributed by atoms with Gasteiger partial charge in [0.05, 0.1) is 15.1 Å². The summed E-state index contributed by atoms with van der Waals surface area (Å²) in [5, 5.41) is 5.11. The molecule has 4 rings (SSSR count). The maximum atomic E-state index is 12.3. The van der Waals surface area contributed by atoms with Crippen LogP contribution in [0.1, 0.15) is 0 Å². The first-order valence-corrected chi connectivity index (χ1v) is 14.3. The fourth-order valence-electron chi connectivity index (χ4n) is 2.79. The molecular formula is C16H12O6P2S4. The molecule has 0 unspecified atom stereocenters. The summed E-state index contributed by atoms with van der Waals surface area (Å²) in [6.45, 7) is 0. The van der Waals surface area contributed by atoms with Crippen molar-refractivity contribution in [3.63, 3.8) is 0 Å². The molecule has 0 fully saturated rings. The summed E-state index contributed by atoms with van der Waals surface area (Å²) >= 11 is 4.80. The summed E-state index contributed by atoms with van der Waals surface area (Å²) in [5.41, 5.74) is 1.02. The van der Waals surface area contributed by atoms with E-state index in [2.05, 4.69) is 0 Å². The van der Waals surface area contributed by atoms with Gasteiger partial charge in [-0.2, -0.15) is 0 Å². The summed E-state index contributed by atoms with van der Waals surface area (Å²) in [5.74, 6) is 0. The lowest BCUT2D eigenvalue weighted by molar-refractivity contribution is 0.386. The van der Waals surface area contributed by atoms with Crippen LogP contribution in [0.25, 0.3) is 30.6 Å². The zero-order valence-electron chi connectivity index (χ0n) is 13.8. The van der Waals surface area contributed by atoms with Gasteiger partial charge in [0.25, 0.3) is 0 Å². The summed E-state index contributed by atoms with van der Waals surface area (Å²) < 4.78 is 24.2. The second-order valence-corrected chi connectivity index (χ2v) is 12.9. The van der Waals surface area contributed by atoms with Crippen molar-refractivity contribution in [2.24, 2.45) is 0 Å². The van der Waals surface area contributed by atoms with Crippen LogP contribution in [0.3, 0.4) is 0 Å². The number of hydrogen-bond donors (Lipinski definition) is 4. The largest absolute Gasteiger partial charge is 0.366 e. The van der Waals surface area contributed by atoms with Gasteiger partial charge in [-0.1, -0.05) is 12.1 Å². The minimum atomic E-state index is -4.62. The summed E-state index contributed by atoms with van der Waals surface area (Å²) in [4.78, 5) is 41.7. The van der Waals surface area contributed by atoms with Crippen molar-refractivity contribution in [2.75, 3.05) is 0 Å². The van der Waals surface area contributed by atoms with Crippen LogP contribution in [-0.4, -0.2) is 19.6 Å². The van der Waals surface area contributed by atoms with Crippen molar-refractivity contribution < 1.29 is 28.7 Å². The molecule has 0 saturated carbocycles. The minimum Gasteiger partial charge on any atom is -0.321 e. The third-order valence-corrected chi connectivity index (χ3v) is 10.6. The maximum Gasteiger partial charge on any atom is 0.366 e. The fraction of sp³-hybridized carbons (Fsp3) is 0. The van der Waals surface area contributed by atoms with Gasteiger partial charge >= 0.3 is 15.2 Å². The normalized spacial score (nSPS) is 12.6. The molecule has 146 valence electrons. The first-order chi connectivity index (χ1) is 13.2. The predicted octanol–water partition coefficient (Wildman–Crippen LogP) is 4.54. The van der Waals surface area contributed by atoms with E-state index in [1.165, 1.54) is 28.7 Å². The molecule has 4 heterocycles. The lowest BCUT2D eigenvalue weighted by Gasteiger charge is -2.08. The van der Waals surface area contributed by atoms with E-state index in [1.807, 2.05) is 22.9 Å². The molecule has 0 saturated heterocycles. The highest BCUT2D eigenvalue weighted by Gasteiger charge is 2.34. The quantitative estimate of drug-likeness (QED) is 0.306. The topological polar surface area (TPSA) is 115 Å². The number of hydrogen-bond acceptors (Lipinski definition) is 6. The van der Waals surface area contributed by atoms with Crippen molar-refractivity contribution in [1.82, 2.24) is 0 Å². The van der Waals surface area contributed by atoms with Gasteiger partial charge in [0.15, 0.2) is 0 Å². The van der Waals surface area contributed by atoms with Crippen molar-refractivity contribution in [2.45, 2.75) is 0 Å². The molecule has 0 amide bonds. The summed E-state index contributed by atoms with van der Waals surface area (Å²) in [7, 11) is -9.17. The number of thiophene rings is 4. The second-order valence-electron chi connectivity index (χ2n) is 5.66. The van der Waals surface area contributed by atoms with Crippen LogP contribution < -0.4 is 9.92 Å². The Kier molecular flexibility index (Phi) is 5.39. The maximum absolute atomic E-state index is 12.3. The van der Waals surface area contributed by atoms with Gasteiger partial charge in [0.1, 0.15) is 4.62 Å². The molecule has 0 bridgehead atoms. The van der Waals surface area contributed by atoms with Gasteiger partial charge in [-0.3, -0.25) is 9.13 Å². The van der Waals surface area contributed by atoms with Crippen molar-refractivity contribution in [3.05, 3.63) is 46.5 Å². The van der Waals surface area contributed by atoms with E-state index in [-0.39, 0.29) is 9.92 Å². The zero-order chi connectivity index (χ0) is 20.1. The third kappa shape index (κ3) is 3.66. The molecular weight excluding hydrogens is 478 g/mol. The smallest absolute Gasteiger partial charge is 0.321 e. The van der Waals surface area contributed by atoms with Gasteiger partial charge in [-0.25, -0.2) is 0 Å². The predicted molar refractivity (Wildman–Crippen MR) is 118 cm³/mol. The van der Waals surface area contributed by atoms with Gasteiger partial charge < -0.3 is 19.6 Å². The highest BCUT2D eigenvalue weighted by atomic mass is 32.1. The highest BCUT2D eigenvalue weighted by Crippen LogP contribution is 2.54. The van der Waals surface area contributed by atoms with Crippen molar-refractivity contribution in [1.29, 1.82) is 0 Å². The van der Waals surface area contributed by atoms with Crippen LogP contribution in [0, 0.1) is 0 Å². The molecule has 0 aromatic carbocycles. The van der Waals surface area contributed by atoms with Crippen molar-refractivity contribution >= 4 is 70.5 Å². The van der Waals surface area contributed by atoms with Crippen LogP contribution in [0.2, 0.25) is 0 Å². The lowest BCUT2D eigenvalue weighted by atomic mass is 10.1. The highest BCUT2D eigenvalue weighted by molar-refractivity contribution is 7.68. The Bertz CT molecular complexity index is 1210. The SMILES string of the molecule is O=P(O)(O)c1ccsc1-c1sc(P(=O)(O)O)c(-c2cccs2)c1-c1cccs1. The first-order valence-electron chi connectivity index (χ1n) is 7.62. The van der Waals surface area contributed by atoms with Crippen LogP contribution in [-0.2, 0) is 9.13 Å². The number of rotatable bonds is 5.